The molecule has 3 aromatic rings. The number of rotatable bonds is 5. The van der Waals surface area contributed by atoms with Gasteiger partial charge in [-0.25, -0.2) is 4.98 Å². The first-order valence-corrected chi connectivity index (χ1v) is 8.82. The zero-order chi connectivity index (χ0) is 17.1. The predicted octanol–water partition coefficient (Wildman–Crippen LogP) is 3.85. The van der Waals surface area contributed by atoms with Gasteiger partial charge in [0.15, 0.2) is 0 Å². The average molecular weight is 334 g/mol. The zero-order valence-electron chi connectivity index (χ0n) is 14.1. The van der Waals surface area contributed by atoms with Crippen molar-refractivity contribution in [2.45, 2.75) is 25.3 Å². The number of hydrogen-bond donors (Lipinski definition) is 1. The summed E-state index contributed by atoms with van der Waals surface area (Å²) in [6.07, 6.45) is 7.36. The fourth-order valence-corrected chi connectivity index (χ4v) is 3.72. The number of fused-ring (bicyclic) bond motifs is 1. The molecular formula is C21H22N2O2. The van der Waals surface area contributed by atoms with Crippen molar-refractivity contribution in [3.05, 3.63) is 72.1 Å². The summed E-state index contributed by atoms with van der Waals surface area (Å²) in [7, 11) is 0. The first kappa shape index (κ1) is 15.9. The first-order valence-electron chi connectivity index (χ1n) is 8.82. The largest absolute Gasteiger partial charge is 0.490 e. The minimum atomic E-state index is -0.00122. The Morgan fingerprint density at radius 2 is 1.96 bits per heavy atom. The van der Waals surface area contributed by atoms with Crippen LogP contribution in [-0.2, 0) is 6.42 Å². The third kappa shape index (κ3) is 3.05. The van der Waals surface area contributed by atoms with Crippen molar-refractivity contribution in [3.8, 4) is 17.1 Å². The molecule has 0 aliphatic heterocycles. The molecule has 1 N–H and O–H groups in total. The molecule has 25 heavy (non-hydrogen) atoms. The Morgan fingerprint density at radius 3 is 2.88 bits per heavy atom. The van der Waals surface area contributed by atoms with Gasteiger partial charge in [0.25, 0.3) is 0 Å². The quantitative estimate of drug-likeness (QED) is 0.771. The van der Waals surface area contributed by atoms with Gasteiger partial charge in [-0.05, 0) is 42.5 Å². The van der Waals surface area contributed by atoms with Crippen molar-refractivity contribution in [1.29, 1.82) is 0 Å². The molecule has 1 atom stereocenters. The molecular weight excluding hydrogens is 312 g/mol. The van der Waals surface area contributed by atoms with Gasteiger partial charge >= 0.3 is 0 Å². The Kier molecular flexibility index (Phi) is 4.53. The SMILES string of the molecule is OCCOc1ccccc1-c1nccn1[C@@H]1CCCc2ccccc21. The molecule has 1 aromatic heterocycles. The van der Waals surface area contributed by atoms with E-state index in [-0.39, 0.29) is 13.2 Å². The molecule has 0 saturated heterocycles. The molecule has 0 radical (unpaired) electrons. The summed E-state index contributed by atoms with van der Waals surface area (Å²) in [5, 5.41) is 9.07. The van der Waals surface area contributed by atoms with Crippen LogP contribution in [0.1, 0.15) is 30.0 Å². The minimum absolute atomic E-state index is 0.00122. The lowest BCUT2D eigenvalue weighted by molar-refractivity contribution is 0.202. The van der Waals surface area contributed by atoms with Gasteiger partial charge < -0.3 is 14.4 Å². The molecule has 2 aromatic carbocycles. The molecule has 0 saturated carbocycles. The standard InChI is InChI=1S/C21H22N2O2/c24-14-15-25-20-11-4-3-9-18(20)21-22-12-13-23(21)19-10-5-7-16-6-1-2-8-17(16)19/h1-4,6,8-9,11-13,19,24H,5,7,10,14-15H2/t19-/m1/s1. The number of ether oxygens (including phenoxy) is 1. The summed E-state index contributed by atoms with van der Waals surface area (Å²) in [5.74, 6) is 1.67. The van der Waals surface area contributed by atoms with Crippen LogP contribution in [0.25, 0.3) is 11.4 Å². The normalized spacial score (nSPS) is 16.4. The van der Waals surface area contributed by atoms with Crippen molar-refractivity contribution in [2.75, 3.05) is 13.2 Å². The third-order valence-corrected chi connectivity index (χ3v) is 4.82. The van der Waals surface area contributed by atoms with Crippen molar-refractivity contribution in [1.82, 2.24) is 9.55 Å². The van der Waals surface area contributed by atoms with Crippen LogP contribution in [0.2, 0.25) is 0 Å². The first-order chi connectivity index (χ1) is 12.4. The van der Waals surface area contributed by atoms with Crippen LogP contribution in [0.5, 0.6) is 5.75 Å². The van der Waals surface area contributed by atoms with Crippen molar-refractivity contribution < 1.29 is 9.84 Å². The zero-order valence-corrected chi connectivity index (χ0v) is 14.1. The number of aromatic nitrogens is 2. The van der Waals surface area contributed by atoms with E-state index in [2.05, 4.69) is 40.0 Å². The third-order valence-electron chi connectivity index (χ3n) is 4.82. The minimum Gasteiger partial charge on any atom is -0.490 e. The number of nitrogens with zero attached hydrogens (tertiary/aromatic N) is 2. The second-order valence-corrected chi connectivity index (χ2v) is 6.33. The summed E-state index contributed by atoms with van der Waals surface area (Å²) in [5.41, 5.74) is 3.79. The summed E-state index contributed by atoms with van der Waals surface area (Å²) >= 11 is 0. The molecule has 128 valence electrons. The van der Waals surface area contributed by atoms with Gasteiger partial charge in [-0.2, -0.15) is 0 Å². The highest BCUT2D eigenvalue weighted by Crippen LogP contribution is 2.37. The Morgan fingerprint density at radius 1 is 1.12 bits per heavy atom. The number of imidazole rings is 1. The number of aryl methyl sites for hydroxylation is 1. The molecule has 4 nitrogen and oxygen atoms in total. The molecule has 0 unspecified atom stereocenters. The highest BCUT2D eigenvalue weighted by Gasteiger charge is 2.24. The second-order valence-electron chi connectivity index (χ2n) is 6.33. The van der Waals surface area contributed by atoms with Gasteiger partial charge in [-0.15, -0.1) is 0 Å². The molecule has 4 rings (SSSR count). The van der Waals surface area contributed by atoms with Gasteiger partial charge in [0.2, 0.25) is 0 Å². The van der Waals surface area contributed by atoms with E-state index in [0.29, 0.717) is 6.04 Å². The van der Waals surface area contributed by atoms with Crippen LogP contribution in [0.3, 0.4) is 0 Å². The number of benzene rings is 2. The lowest BCUT2D eigenvalue weighted by atomic mass is 9.87. The summed E-state index contributed by atoms with van der Waals surface area (Å²) in [6.45, 7) is 0.281. The van der Waals surface area contributed by atoms with E-state index in [1.165, 1.54) is 17.5 Å². The highest BCUT2D eigenvalue weighted by molar-refractivity contribution is 5.65. The Balaban J connectivity index is 1.76. The number of hydrogen-bond acceptors (Lipinski definition) is 3. The molecule has 4 heteroatoms. The Bertz CT molecular complexity index is 856. The number of para-hydroxylation sites is 1. The maximum absolute atomic E-state index is 9.07. The fraction of sp³-hybridized carbons (Fsp3) is 0.286. The average Bonchev–Trinajstić information content (AvgIpc) is 3.15. The van der Waals surface area contributed by atoms with E-state index < -0.39 is 0 Å². The Hall–Kier alpha value is -2.59. The van der Waals surface area contributed by atoms with Gasteiger partial charge in [0.05, 0.1) is 18.2 Å². The van der Waals surface area contributed by atoms with E-state index in [0.717, 1.165) is 30.0 Å². The Labute approximate surface area is 147 Å². The van der Waals surface area contributed by atoms with E-state index in [4.69, 9.17) is 9.84 Å². The van der Waals surface area contributed by atoms with Crippen LogP contribution in [0.15, 0.2) is 60.9 Å². The lowest BCUT2D eigenvalue weighted by Gasteiger charge is -2.28. The van der Waals surface area contributed by atoms with Crippen molar-refractivity contribution in [2.24, 2.45) is 0 Å². The van der Waals surface area contributed by atoms with Gasteiger partial charge in [-0.3, -0.25) is 0 Å². The van der Waals surface area contributed by atoms with Crippen molar-refractivity contribution >= 4 is 0 Å². The van der Waals surface area contributed by atoms with Gasteiger partial charge in [-0.1, -0.05) is 36.4 Å². The van der Waals surface area contributed by atoms with E-state index in [9.17, 15) is 0 Å². The van der Waals surface area contributed by atoms with Crippen LogP contribution < -0.4 is 4.74 Å². The van der Waals surface area contributed by atoms with Crippen molar-refractivity contribution in [3.63, 3.8) is 0 Å². The molecule has 0 amide bonds. The molecule has 0 bridgehead atoms. The summed E-state index contributed by atoms with van der Waals surface area (Å²) in [4.78, 5) is 4.62. The van der Waals surface area contributed by atoms with Crippen LogP contribution in [0.4, 0.5) is 0 Å². The molecule has 0 spiro atoms. The molecule has 1 heterocycles. The van der Waals surface area contributed by atoms with Crippen LogP contribution >= 0.6 is 0 Å². The molecule has 1 aliphatic carbocycles. The maximum atomic E-state index is 9.07. The van der Waals surface area contributed by atoms with Gasteiger partial charge in [0.1, 0.15) is 18.2 Å². The van der Waals surface area contributed by atoms with Gasteiger partial charge in [0, 0.05) is 12.4 Å². The smallest absolute Gasteiger partial charge is 0.144 e. The van der Waals surface area contributed by atoms with Crippen LogP contribution in [0, 0.1) is 0 Å². The topological polar surface area (TPSA) is 47.3 Å². The second kappa shape index (κ2) is 7.11. The lowest BCUT2D eigenvalue weighted by Crippen LogP contribution is -2.17. The number of aliphatic hydroxyl groups is 1. The molecule has 0 fully saturated rings. The molecule has 1 aliphatic rings. The van der Waals surface area contributed by atoms with E-state index in [1.54, 1.807) is 0 Å². The maximum Gasteiger partial charge on any atom is 0.144 e. The fourth-order valence-electron chi connectivity index (χ4n) is 3.72. The summed E-state index contributed by atoms with van der Waals surface area (Å²) < 4.78 is 7.98. The predicted molar refractivity (Wildman–Crippen MR) is 97.8 cm³/mol. The van der Waals surface area contributed by atoms with Crippen LogP contribution in [-0.4, -0.2) is 27.9 Å². The van der Waals surface area contributed by atoms with E-state index in [1.807, 2.05) is 30.5 Å². The highest BCUT2D eigenvalue weighted by atomic mass is 16.5. The monoisotopic (exact) mass is 334 g/mol. The van der Waals surface area contributed by atoms with E-state index >= 15 is 0 Å². The summed E-state index contributed by atoms with van der Waals surface area (Å²) in [6, 6.07) is 16.9. The number of aliphatic hydroxyl groups excluding tert-OH is 1.